The molecule has 0 atom stereocenters. The highest BCUT2D eigenvalue weighted by Crippen LogP contribution is 2.53. The monoisotopic (exact) mass is 616 g/mol. The zero-order valence-corrected chi connectivity index (χ0v) is 27.8. The molecule has 0 fully saturated rings. The lowest BCUT2D eigenvalue weighted by Gasteiger charge is -2.24. The largest absolute Gasteiger partial charge is 0.256 e. The lowest BCUT2D eigenvalue weighted by atomic mass is 9.79. The average molecular weight is 617 g/mol. The molecule has 0 amide bonds. The Morgan fingerprint density at radius 1 is 0.354 bits per heavy atom. The van der Waals surface area contributed by atoms with Crippen LogP contribution in [0, 0.1) is 0 Å². The van der Waals surface area contributed by atoms with Gasteiger partial charge in [0.2, 0.25) is 0 Å². The van der Waals surface area contributed by atoms with E-state index in [2.05, 4.69) is 149 Å². The van der Waals surface area contributed by atoms with Crippen LogP contribution in [0.5, 0.6) is 0 Å². The van der Waals surface area contributed by atoms with E-state index < -0.39 is 0 Å². The van der Waals surface area contributed by atoms with Gasteiger partial charge in [0.25, 0.3) is 0 Å². The first-order valence-electron chi connectivity index (χ1n) is 16.8. The first-order valence-corrected chi connectivity index (χ1v) is 16.8. The standard InChI is InChI=1S/C46H36N2/c1-45(2)38-15-6-5-12-32(38)33-21-18-29(26-39(33)45)30-19-22-34-35-23-20-31(28-41(35)46(3,4)40(34)27-30)44-36(42-16-7-9-24-47-42)13-11-14-37(44)43-17-8-10-25-48-43/h5-28H,1-4H3. The molecule has 0 radical (unpaired) electrons. The molecule has 9 rings (SSSR count). The van der Waals surface area contributed by atoms with Gasteiger partial charge in [-0.25, -0.2) is 0 Å². The lowest BCUT2D eigenvalue weighted by Crippen LogP contribution is -2.15. The molecule has 48 heavy (non-hydrogen) atoms. The highest BCUT2D eigenvalue weighted by atomic mass is 14.7. The Morgan fingerprint density at radius 2 is 0.771 bits per heavy atom. The summed E-state index contributed by atoms with van der Waals surface area (Å²) < 4.78 is 0. The summed E-state index contributed by atoms with van der Waals surface area (Å²) in [5, 5.41) is 0. The zero-order chi connectivity index (χ0) is 32.6. The van der Waals surface area contributed by atoms with Gasteiger partial charge in [0.1, 0.15) is 0 Å². The number of aromatic nitrogens is 2. The summed E-state index contributed by atoms with van der Waals surface area (Å²) in [7, 11) is 0. The van der Waals surface area contributed by atoms with E-state index in [4.69, 9.17) is 9.97 Å². The number of benzene rings is 5. The maximum Gasteiger partial charge on any atom is 0.0708 e. The number of nitrogens with zero attached hydrogens (tertiary/aromatic N) is 2. The summed E-state index contributed by atoms with van der Waals surface area (Å²) in [4.78, 5) is 9.53. The quantitative estimate of drug-likeness (QED) is 0.197. The number of fused-ring (bicyclic) bond motifs is 6. The van der Waals surface area contributed by atoms with Gasteiger partial charge in [0.15, 0.2) is 0 Å². The molecular weight excluding hydrogens is 581 g/mol. The minimum Gasteiger partial charge on any atom is -0.256 e. The average Bonchev–Trinajstić information content (AvgIpc) is 3.50. The van der Waals surface area contributed by atoms with Crippen molar-refractivity contribution in [3.63, 3.8) is 0 Å². The second-order valence-electron chi connectivity index (χ2n) is 14.2. The number of hydrogen-bond donors (Lipinski definition) is 0. The fourth-order valence-corrected chi connectivity index (χ4v) is 8.29. The van der Waals surface area contributed by atoms with E-state index in [1.165, 1.54) is 61.2 Å². The summed E-state index contributed by atoms with van der Waals surface area (Å²) in [5.74, 6) is 0. The van der Waals surface area contributed by atoms with Crippen molar-refractivity contribution in [2.75, 3.05) is 0 Å². The highest BCUT2D eigenvalue weighted by molar-refractivity contribution is 5.95. The molecule has 2 heterocycles. The second kappa shape index (κ2) is 10.5. The van der Waals surface area contributed by atoms with Gasteiger partial charge < -0.3 is 0 Å². The minimum absolute atomic E-state index is 0.0236. The van der Waals surface area contributed by atoms with Crippen molar-refractivity contribution in [2.24, 2.45) is 0 Å². The van der Waals surface area contributed by atoms with Crippen molar-refractivity contribution in [1.29, 1.82) is 0 Å². The molecule has 2 nitrogen and oxygen atoms in total. The van der Waals surface area contributed by atoms with Crippen molar-refractivity contribution in [2.45, 2.75) is 38.5 Å². The molecular formula is C46H36N2. The van der Waals surface area contributed by atoms with E-state index in [0.717, 1.165) is 28.1 Å². The van der Waals surface area contributed by atoms with E-state index in [0.29, 0.717) is 0 Å². The molecule has 0 saturated carbocycles. The third-order valence-corrected chi connectivity index (χ3v) is 10.8. The van der Waals surface area contributed by atoms with Crippen LogP contribution in [0.25, 0.3) is 67.0 Å². The summed E-state index contributed by atoms with van der Waals surface area (Å²) in [6.45, 7) is 9.45. The van der Waals surface area contributed by atoms with Crippen LogP contribution in [0.2, 0.25) is 0 Å². The number of hydrogen-bond acceptors (Lipinski definition) is 2. The van der Waals surface area contributed by atoms with Gasteiger partial charge in [0, 0.05) is 39.9 Å². The highest BCUT2D eigenvalue weighted by Gasteiger charge is 2.37. The summed E-state index contributed by atoms with van der Waals surface area (Å²) in [6, 6.07) is 48.7. The fourth-order valence-electron chi connectivity index (χ4n) is 8.29. The zero-order valence-electron chi connectivity index (χ0n) is 27.8. The molecule has 2 aliphatic rings. The van der Waals surface area contributed by atoms with Crippen LogP contribution in [-0.4, -0.2) is 9.97 Å². The molecule has 0 saturated heterocycles. The number of pyridine rings is 2. The minimum atomic E-state index is -0.173. The molecule has 0 aliphatic heterocycles. The van der Waals surface area contributed by atoms with Crippen molar-refractivity contribution in [3.8, 4) is 67.0 Å². The van der Waals surface area contributed by atoms with Crippen molar-refractivity contribution in [1.82, 2.24) is 9.97 Å². The SMILES string of the molecule is CC1(C)c2ccccc2-c2ccc(-c3ccc4c(c3)C(C)(C)c3cc(-c5c(-c6ccccn6)cccc5-c5ccccn5)ccc3-4)cc21. The fraction of sp³-hybridized carbons (Fsp3) is 0.130. The maximum absolute atomic E-state index is 4.76. The van der Waals surface area contributed by atoms with Crippen LogP contribution >= 0.6 is 0 Å². The van der Waals surface area contributed by atoms with Crippen LogP contribution in [-0.2, 0) is 10.8 Å². The third-order valence-electron chi connectivity index (χ3n) is 10.8. The van der Waals surface area contributed by atoms with Crippen molar-refractivity contribution < 1.29 is 0 Å². The smallest absolute Gasteiger partial charge is 0.0708 e. The summed E-state index contributed by atoms with van der Waals surface area (Å²) in [6.07, 6.45) is 3.74. The van der Waals surface area contributed by atoms with E-state index in [9.17, 15) is 0 Å². The Kier molecular flexibility index (Phi) is 6.23. The van der Waals surface area contributed by atoms with Crippen molar-refractivity contribution in [3.05, 3.63) is 168 Å². The van der Waals surface area contributed by atoms with Gasteiger partial charge in [-0.2, -0.15) is 0 Å². The van der Waals surface area contributed by atoms with Crippen LogP contribution in [0.3, 0.4) is 0 Å². The molecule has 0 N–H and O–H groups in total. The van der Waals surface area contributed by atoms with E-state index in [1.54, 1.807) is 0 Å². The molecule has 0 spiro atoms. The van der Waals surface area contributed by atoms with Gasteiger partial charge in [0.05, 0.1) is 11.4 Å². The molecule has 2 heteroatoms. The molecule has 5 aromatic carbocycles. The Labute approximate surface area is 282 Å². The second-order valence-corrected chi connectivity index (χ2v) is 14.2. The van der Waals surface area contributed by atoms with E-state index in [-0.39, 0.29) is 10.8 Å². The van der Waals surface area contributed by atoms with Gasteiger partial charge >= 0.3 is 0 Å². The predicted octanol–water partition coefficient (Wildman–Crippen LogP) is 11.8. The molecule has 0 unspecified atom stereocenters. The Bertz CT molecular complexity index is 2330. The first-order chi connectivity index (χ1) is 23.3. The van der Waals surface area contributed by atoms with E-state index >= 15 is 0 Å². The Balaban J connectivity index is 1.16. The Morgan fingerprint density at radius 3 is 1.29 bits per heavy atom. The van der Waals surface area contributed by atoms with Crippen LogP contribution in [0.15, 0.2) is 146 Å². The normalized spacial score (nSPS) is 14.6. The molecule has 7 aromatic rings. The van der Waals surface area contributed by atoms with E-state index in [1.807, 2.05) is 24.5 Å². The molecule has 230 valence electrons. The molecule has 0 bridgehead atoms. The van der Waals surface area contributed by atoms with Crippen LogP contribution in [0.1, 0.15) is 49.9 Å². The van der Waals surface area contributed by atoms with Gasteiger partial charge in [-0.05, 0) is 104 Å². The third kappa shape index (κ3) is 4.19. The van der Waals surface area contributed by atoms with Gasteiger partial charge in [-0.15, -0.1) is 0 Å². The summed E-state index contributed by atoms with van der Waals surface area (Å²) >= 11 is 0. The molecule has 2 aliphatic carbocycles. The summed E-state index contributed by atoms with van der Waals surface area (Å²) in [5.41, 5.74) is 19.7. The van der Waals surface area contributed by atoms with Crippen LogP contribution in [0.4, 0.5) is 0 Å². The van der Waals surface area contributed by atoms with Crippen LogP contribution < -0.4 is 0 Å². The number of rotatable bonds is 4. The van der Waals surface area contributed by atoms with Gasteiger partial charge in [-0.1, -0.05) is 119 Å². The Hall–Kier alpha value is -5.60. The predicted molar refractivity (Wildman–Crippen MR) is 199 cm³/mol. The maximum atomic E-state index is 4.76. The first kappa shape index (κ1) is 28.6. The molecule has 2 aromatic heterocycles. The topological polar surface area (TPSA) is 25.8 Å². The van der Waals surface area contributed by atoms with Gasteiger partial charge in [-0.3, -0.25) is 9.97 Å². The van der Waals surface area contributed by atoms with Crippen molar-refractivity contribution >= 4 is 0 Å². The lowest BCUT2D eigenvalue weighted by molar-refractivity contribution is 0.659.